The third-order valence-corrected chi connectivity index (χ3v) is 7.48. The maximum Gasteiger partial charge on any atom is 0.408 e. The zero-order valence-electron chi connectivity index (χ0n) is 23.9. The number of ether oxygens (including phenoxy) is 4. The second kappa shape index (κ2) is 11.9. The van der Waals surface area contributed by atoms with Gasteiger partial charge < -0.3 is 29.6 Å². The number of rotatable bonds is 10. The van der Waals surface area contributed by atoms with E-state index >= 15 is 0 Å². The van der Waals surface area contributed by atoms with Gasteiger partial charge in [0.25, 0.3) is 5.91 Å². The van der Waals surface area contributed by atoms with Gasteiger partial charge in [0.1, 0.15) is 24.7 Å². The maximum atomic E-state index is 12.4. The number of nitrogens with one attached hydrogen (secondary N) is 2. The van der Waals surface area contributed by atoms with Crippen LogP contribution in [0.3, 0.4) is 0 Å². The Kier molecular flexibility index (Phi) is 7.70. The fourth-order valence-corrected chi connectivity index (χ4v) is 4.92. The number of pyridine rings is 1. The summed E-state index contributed by atoms with van der Waals surface area (Å²) in [5.41, 5.74) is 1.70. The van der Waals surface area contributed by atoms with Crippen LogP contribution in [-0.4, -0.2) is 43.3 Å². The Labute approximate surface area is 248 Å². The molecular weight excluding hydrogens is 546 g/mol. The lowest BCUT2D eigenvalue weighted by Crippen LogP contribution is -2.41. The first-order valence-corrected chi connectivity index (χ1v) is 14.0. The summed E-state index contributed by atoms with van der Waals surface area (Å²) in [7, 11) is 3.19. The number of aromatic nitrogens is 1. The number of hydrogen-bond acceptors (Lipinski definition) is 7. The SMILES string of the molecule is CNC(=O)c1cccc2cc(Oc3ccnc4cc(OCC5(NC(=O)OCc6ccccc6)CC5)c(OC)cc34)ccc12. The smallest absolute Gasteiger partial charge is 0.408 e. The van der Waals surface area contributed by atoms with Crippen molar-refractivity contribution in [3.63, 3.8) is 0 Å². The molecule has 1 aliphatic carbocycles. The molecule has 43 heavy (non-hydrogen) atoms. The van der Waals surface area contributed by atoms with Crippen molar-refractivity contribution >= 4 is 33.7 Å². The van der Waals surface area contributed by atoms with E-state index < -0.39 is 11.6 Å². The first-order chi connectivity index (χ1) is 21.0. The van der Waals surface area contributed by atoms with Gasteiger partial charge in [0.05, 0.1) is 18.2 Å². The molecule has 0 aliphatic heterocycles. The van der Waals surface area contributed by atoms with E-state index in [-0.39, 0.29) is 19.1 Å². The molecule has 1 aliphatic rings. The van der Waals surface area contributed by atoms with Gasteiger partial charge in [0, 0.05) is 30.3 Å². The number of hydrogen-bond donors (Lipinski definition) is 2. The summed E-state index contributed by atoms with van der Waals surface area (Å²) in [5.74, 6) is 2.10. The van der Waals surface area contributed by atoms with Crippen molar-refractivity contribution in [2.75, 3.05) is 20.8 Å². The summed E-state index contributed by atoms with van der Waals surface area (Å²) in [6, 6.07) is 26.2. The number of nitrogens with zero attached hydrogens (tertiary/aromatic N) is 1. The van der Waals surface area contributed by atoms with E-state index in [4.69, 9.17) is 18.9 Å². The molecule has 0 atom stereocenters. The Morgan fingerprint density at radius 2 is 1.72 bits per heavy atom. The molecule has 1 aromatic heterocycles. The molecule has 0 unspecified atom stereocenters. The van der Waals surface area contributed by atoms with Crippen LogP contribution in [0.25, 0.3) is 21.7 Å². The van der Waals surface area contributed by atoms with Crippen molar-refractivity contribution in [1.29, 1.82) is 0 Å². The van der Waals surface area contributed by atoms with Gasteiger partial charge in [-0.3, -0.25) is 9.78 Å². The maximum absolute atomic E-state index is 12.4. The van der Waals surface area contributed by atoms with Gasteiger partial charge >= 0.3 is 6.09 Å². The summed E-state index contributed by atoms with van der Waals surface area (Å²) in [6.45, 7) is 0.467. The number of carbonyl (C=O) groups is 2. The van der Waals surface area contributed by atoms with Crippen LogP contribution in [0, 0.1) is 0 Å². The quantitative estimate of drug-likeness (QED) is 0.198. The second-order valence-corrected chi connectivity index (χ2v) is 10.5. The standard InChI is InChI=1S/C34H31N3O6/c1-35-32(38)26-10-6-9-23-17-24(11-12-25(23)26)43-29-13-16-36-28-19-31(30(40-2)18-27(28)29)42-21-34(14-15-34)37-33(39)41-20-22-7-4-3-5-8-22/h3-13,16-19H,14-15,20-21H2,1-2H3,(H,35,38)(H,37,39). The van der Waals surface area contributed by atoms with Crippen molar-refractivity contribution in [3.8, 4) is 23.0 Å². The van der Waals surface area contributed by atoms with Crippen LogP contribution in [0.15, 0.2) is 91.1 Å². The van der Waals surface area contributed by atoms with E-state index in [1.54, 1.807) is 38.6 Å². The molecule has 9 heteroatoms. The molecule has 2 N–H and O–H groups in total. The summed E-state index contributed by atoms with van der Waals surface area (Å²) in [6.07, 6.45) is 2.77. The summed E-state index contributed by atoms with van der Waals surface area (Å²) < 4.78 is 23.5. The largest absolute Gasteiger partial charge is 0.493 e. The van der Waals surface area contributed by atoms with E-state index in [9.17, 15) is 9.59 Å². The lowest BCUT2D eigenvalue weighted by atomic mass is 10.0. The predicted octanol–water partition coefficient (Wildman–Crippen LogP) is 6.39. The predicted molar refractivity (Wildman–Crippen MR) is 163 cm³/mol. The lowest BCUT2D eigenvalue weighted by molar-refractivity contribution is 0.0964. The zero-order chi connectivity index (χ0) is 29.8. The van der Waals surface area contributed by atoms with Gasteiger partial charge in [0.2, 0.25) is 0 Å². The van der Waals surface area contributed by atoms with Gasteiger partial charge in [-0.25, -0.2) is 4.79 Å². The Hall–Kier alpha value is -5.31. The summed E-state index contributed by atoms with van der Waals surface area (Å²) >= 11 is 0. The molecule has 6 rings (SSSR count). The highest BCUT2D eigenvalue weighted by molar-refractivity contribution is 6.07. The minimum atomic E-state index is -0.486. The molecular formula is C34H31N3O6. The third kappa shape index (κ3) is 6.16. The average molecular weight is 578 g/mol. The van der Waals surface area contributed by atoms with Gasteiger partial charge in [-0.2, -0.15) is 0 Å². The Bertz CT molecular complexity index is 1800. The number of methoxy groups -OCH3 is 1. The van der Waals surface area contributed by atoms with Crippen LogP contribution in [0.2, 0.25) is 0 Å². The molecule has 2 amide bonds. The minimum absolute atomic E-state index is 0.143. The summed E-state index contributed by atoms with van der Waals surface area (Å²) in [5, 5.41) is 8.11. The van der Waals surface area contributed by atoms with Gasteiger partial charge in [-0.15, -0.1) is 0 Å². The van der Waals surface area contributed by atoms with E-state index in [0.717, 1.165) is 34.6 Å². The molecule has 1 saturated carbocycles. The molecule has 4 aromatic carbocycles. The topological polar surface area (TPSA) is 108 Å². The molecule has 0 saturated heterocycles. The van der Waals surface area contributed by atoms with E-state index in [2.05, 4.69) is 15.6 Å². The van der Waals surface area contributed by atoms with Crippen LogP contribution >= 0.6 is 0 Å². The molecule has 0 radical (unpaired) electrons. The molecule has 5 aromatic rings. The van der Waals surface area contributed by atoms with E-state index in [1.165, 1.54) is 0 Å². The normalized spacial score (nSPS) is 13.3. The Morgan fingerprint density at radius 1 is 0.884 bits per heavy atom. The highest BCUT2D eigenvalue weighted by Crippen LogP contribution is 2.40. The fourth-order valence-electron chi connectivity index (χ4n) is 4.92. The molecule has 0 spiro atoms. The van der Waals surface area contributed by atoms with Crippen molar-refractivity contribution in [3.05, 3.63) is 102 Å². The number of fused-ring (bicyclic) bond motifs is 2. The van der Waals surface area contributed by atoms with Gasteiger partial charge in [-0.1, -0.05) is 42.5 Å². The second-order valence-electron chi connectivity index (χ2n) is 10.5. The molecule has 1 fully saturated rings. The molecule has 1 heterocycles. The highest BCUT2D eigenvalue weighted by Gasteiger charge is 2.45. The van der Waals surface area contributed by atoms with Crippen molar-refractivity contribution in [2.24, 2.45) is 0 Å². The zero-order valence-corrected chi connectivity index (χ0v) is 23.9. The Morgan fingerprint density at radius 3 is 2.49 bits per heavy atom. The van der Waals surface area contributed by atoms with E-state index in [0.29, 0.717) is 34.1 Å². The van der Waals surface area contributed by atoms with Gasteiger partial charge in [0.15, 0.2) is 11.5 Å². The van der Waals surface area contributed by atoms with Crippen molar-refractivity contribution in [2.45, 2.75) is 25.0 Å². The minimum Gasteiger partial charge on any atom is -0.493 e. The fraction of sp³-hybridized carbons (Fsp3) is 0.206. The van der Waals surface area contributed by atoms with Crippen molar-refractivity contribution < 1.29 is 28.5 Å². The number of benzene rings is 4. The van der Waals surface area contributed by atoms with Gasteiger partial charge in [-0.05, 0) is 65.6 Å². The van der Waals surface area contributed by atoms with Crippen molar-refractivity contribution in [1.82, 2.24) is 15.6 Å². The van der Waals surface area contributed by atoms with Crippen LogP contribution in [0.1, 0.15) is 28.8 Å². The molecule has 9 nitrogen and oxygen atoms in total. The average Bonchev–Trinajstić information content (AvgIpc) is 3.81. The molecule has 0 bridgehead atoms. The monoisotopic (exact) mass is 577 g/mol. The highest BCUT2D eigenvalue weighted by atomic mass is 16.6. The number of amides is 2. The molecule has 218 valence electrons. The number of carbonyl (C=O) groups excluding carboxylic acids is 2. The lowest BCUT2D eigenvalue weighted by Gasteiger charge is -2.19. The van der Waals surface area contributed by atoms with Crippen LogP contribution in [-0.2, 0) is 11.3 Å². The number of alkyl carbamates (subject to hydrolysis) is 1. The first kappa shape index (κ1) is 27.8. The third-order valence-electron chi connectivity index (χ3n) is 7.48. The van der Waals surface area contributed by atoms with Crippen LogP contribution < -0.4 is 24.8 Å². The first-order valence-electron chi connectivity index (χ1n) is 14.0. The summed E-state index contributed by atoms with van der Waals surface area (Å²) in [4.78, 5) is 29.2. The Balaban J connectivity index is 1.17. The van der Waals surface area contributed by atoms with Crippen LogP contribution in [0.4, 0.5) is 4.79 Å². The van der Waals surface area contributed by atoms with Crippen LogP contribution in [0.5, 0.6) is 23.0 Å². The van der Waals surface area contributed by atoms with E-state index in [1.807, 2.05) is 66.7 Å².